The second kappa shape index (κ2) is 6.94. The minimum atomic E-state index is -0.453. The molecule has 2 heterocycles. The predicted octanol–water partition coefficient (Wildman–Crippen LogP) is 0.897. The number of methoxy groups -OCH3 is 2. The number of halogens is 1. The van der Waals surface area contributed by atoms with Crippen molar-refractivity contribution in [2.45, 2.75) is 24.9 Å². The highest BCUT2D eigenvalue weighted by atomic mass is 19.1. The number of piperazine rings is 1. The Morgan fingerprint density at radius 2 is 1.83 bits per heavy atom. The summed E-state index contributed by atoms with van der Waals surface area (Å²) in [4.78, 5) is 14.3. The molecule has 132 valence electrons. The van der Waals surface area contributed by atoms with Crippen molar-refractivity contribution in [3.05, 3.63) is 23.5 Å². The summed E-state index contributed by atoms with van der Waals surface area (Å²) < 4.78 is 24.6. The van der Waals surface area contributed by atoms with Gasteiger partial charge in [-0.1, -0.05) is 0 Å². The van der Waals surface area contributed by atoms with Gasteiger partial charge >= 0.3 is 0 Å². The van der Waals surface area contributed by atoms with E-state index < -0.39 is 5.54 Å². The zero-order chi connectivity index (χ0) is 17.2. The highest BCUT2D eigenvalue weighted by molar-refractivity contribution is 5.87. The second-order valence-corrected chi connectivity index (χ2v) is 6.34. The maximum absolute atomic E-state index is 14.3. The molecule has 2 aliphatic heterocycles. The zero-order valence-electron chi connectivity index (χ0n) is 14.2. The molecule has 1 aromatic rings. The van der Waals surface area contributed by atoms with E-state index in [2.05, 4.69) is 15.5 Å². The van der Waals surface area contributed by atoms with Crippen LogP contribution in [0.3, 0.4) is 0 Å². The molecule has 0 saturated carbocycles. The van der Waals surface area contributed by atoms with Crippen LogP contribution < -0.4 is 20.1 Å². The summed E-state index contributed by atoms with van der Waals surface area (Å²) in [6.07, 6.45) is 1.46. The van der Waals surface area contributed by atoms with Gasteiger partial charge in [0.25, 0.3) is 0 Å². The van der Waals surface area contributed by atoms with Crippen molar-refractivity contribution in [2.75, 3.05) is 40.4 Å². The number of ether oxygens (including phenoxy) is 2. The number of carbonyl (C=O) groups is 1. The third-order valence-corrected chi connectivity index (χ3v) is 4.96. The maximum Gasteiger partial charge on any atom is 0.240 e. The Morgan fingerprint density at radius 3 is 2.46 bits per heavy atom. The van der Waals surface area contributed by atoms with Crippen molar-refractivity contribution in [1.29, 1.82) is 0 Å². The molecular weight excluding hydrogens is 313 g/mol. The first kappa shape index (κ1) is 17.0. The van der Waals surface area contributed by atoms with Crippen LogP contribution in [0.1, 0.15) is 18.4 Å². The van der Waals surface area contributed by atoms with Gasteiger partial charge in [0.05, 0.1) is 14.2 Å². The fourth-order valence-electron chi connectivity index (χ4n) is 3.48. The van der Waals surface area contributed by atoms with Gasteiger partial charge in [0.2, 0.25) is 5.91 Å². The van der Waals surface area contributed by atoms with E-state index >= 15 is 0 Å². The van der Waals surface area contributed by atoms with E-state index in [1.807, 2.05) is 0 Å². The van der Waals surface area contributed by atoms with Crippen molar-refractivity contribution in [1.82, 2.24) is 15.5 Å². The summed E-state index contributed by atoms with van der Waals surface area (Å²) >= 11 is 0. The zero-order valence-corrected chi connectivity index (χ0v) is 14.2. The first-order valence-corrected chi connectivity index (χ1v) is 8.24. The van der Waals surface area contributed by atoms with Gasteiger partial charge in [0, 0.05) is 44.4 Å². The molecule has 2 aliphatic rings. The molecule has 0 bridgehead atoms. The molecule has 1 aromatic carbocycles. The average Bonchev–Trinajstić information content (AvgIpc) is 2.61. The van der Waals surface area contributed by atoms with Gasteiger partial charge in [-0.05, 0) is 18.9 Å². The Bertz CT molecular complexity index is 615. The molecule has 0 unspecified atom stereocenters. The van der Waals surface area contributed by atoms with Crippen LogP contribution in [-0.2, 0) is 11.3 Å². The number of nitrogens with one attached hydrogen (secondary N) is 2. The lowest BCUT2D eigenvalue weighted by molar-refractivity contribution is -0.131. The van der Waals surface area contributed by atoms with Gasteiger partial charge < -0.3 is 20.1 Å². The summed E-state index contributed by atoms with van der Waals surface area (Å²) in [5.41, 5.74) is 0.120. The van der Waals surface area contributed by atoms with Crippen molar-refractivity contribution >= 4 is 5.91 Å². The van der Waals surface area contributed by atoms with Crippen LogP contribution in [0.2, 0.25) is 0 Å². The number of hydrogen-bond donors (Lipinski definition) is 2. The molecule has 0 atom stereocenters. The number of amides is 1. The first-order valence-electron chi connectivity index (χ1n) is 8.24. The van der Waals surface area contributed by atoms with E-state index in [0.29, 0.717) is 30.2 Å². The molecule has 0 aromatic heterocycles. The van der Waals surface area contributed by atoms with E-state index in [-0.39, 0.29) is 11.7 Å². The van der Waals surface area contributed by atoms with Gasteiger partial charge in [0.15, 0.2) is 11.5 Å². The van der Waals surface area contributed by atoms with Gasteiger partial charge in [-0.25, -0.2) is 4.39 Å². The van der Waals surface area contributed by atoms with Crippen molar-refractivity contribution < 1.29 is 18.7 Å². The molecule has 7 heteroatoms. The molecule has 2 fully saturated rings. The number of piperidine rings is 1. The number of nitrogens with zero attached hydrogens (tertiary/aromatic N) is 1. The van der Waals surface area contributed by atoms with E-state index in [9.17, 15) is 9.18 Å². The van der Waals surface area contributed by atoms with Gasteiger partial charge in [-0.3, -0.25) is 9.69 Å². The summed E-state index contributed by atoms with van der Waals surface area (Å²) in [5, 5.41) is 6.30. The quantitative estimate of drug-likeness (QED) is 0.855. The lowest BCUT2D eigenvalue weighted by Gasteiger charge is -2.43. The Kier molecular flexibility index (Phi) is 4.91. The Hall–Kier alpha value is -1.86. The topological polar surface area (TPSA) is 62.8 Å². The number of rotatable bonds is 4. The molecule has 2 saturated heterocycles. The molecule has 2 N–H and O–H groups in total. The normalized spacial score (nSPS) is 20.7. The van der Waals surface area contributed by atoms with Gasteiger partial charge in [-0.15, -0.1) is 0 Å². The molecule has 0 radical (unpaired) electrons. The minimum absolute atomic E-state index is 0.0886. The van der Waals surface area contributed by atoms with Crippen LogP contribution in [0.15, 0.2) is 12.1 Å². The summed E-state index contributed by atoms with van der Waals surface area (Å²) in [6.45, 7) is 3.46. The van der Waals surface area contributed by atoms with Crippen LogP contribution in [0.25, 0.3) is 0 Å². The molecule has 24 heavy (non-hydrogen) atoms. The monoisotopic (exact) mass is 337 g/mol. The van der Waals surface area contributed by atoms with E-state index in [4.69, 9.17) is 9.47 Å². The molecule has 3 rings (SSSR count). The van der Waals surface area contributed by atoms with Crippen molar-refractivity contribution in [3.8, 4) is 11.5 Å². The summed E-state index contributed by atoms with van der Waals surface area (Å²) in [7, 11) is 3.03. The smallest absolute Gasteiger partial charge is 0.240 e. The van der Waals surface area contributed by atoms with Crippen LogP contribution >= 0.6 is 0 Å². The Morgan fingerprint density at radius 1 is 1.17 bits per heavy atom. The molecule has 1 amide bonds. The van der Waals surface area contributed by atoms with Crippen LogP contribution in [0.4, 0.5) is 4.39 Å². The SMILES string of the molecule is COc1cc(F)c(CN2CCC3(CC2)NCCNC3=O)cc1OC. The lowest BCUT2D eigenvalue weighted by atomic mass is 9.85. The van der Waals surface area contributed by atoms with E-state index in [1.54, 1.807) is 6.07 Å². The van der Waals surface area contributed by atoms with Crippen molar-refractivity contribution in [2.24, 2.45) is 0 Å². The first-order chi connectivity index (χ1) is 11.6. The van der Waals surface area contributed by atoms with Crippen LogP contribution in [-0.4, -0.2) is 56.7 Å². The van der Waals surface area contributed by atoms with E-state index in [0.717, 1.165) is 32.5 Å². The highest BCUT2D eigenvalue weighted by Crippen LogP contribution is 2.31. The fourth-order valence-corrected chi connectivity index (χ4v) is 3.48. The minimum Gasteiger partial charge on any atom is -0.493 e. The Balaban J connectivity index is 1.67. The molecule has 1 spiro atoms. The standard InChI is InChI=1S/C17H24FN3O3/c1-23-14-9-12(13(18)10-15(14)24-2)11-21-7-3-17(4-8-21)16(22)19-5-6-20-17/h9-10,20H,3-8,11H2,1-2H3,(H,19,22). The summed E-state index contributed by atoms with van der Waals surface area (Å²) in [6, 6.07) is 3.04. The third-order valence-electron chi connectivity index (χ3n) is 4.96. The predicted molar refractivity (Wildman–Crippen MR) is 87.8 cm³/mol. The highest BCUT2D eigenvalue weighted by Gasteiger charge is 2.42. The van der Waals surface area contributed by atoms with Crippen LogP contribution in [0, 0.1) is 5.82 Å². The Labute approximate surface area is 141 Å². The molecular formula is C17H24FN3O3. The van der Waals surface area contributed by atoms with Crippen molar-refractivity contribution in [3.63, 3.8) is 0 Å². The largest absolute Gasteiger partial charge is 0.493 e. The fraction of sp³-hybridized carbons (Fsp3) is 0.588. The number of benzene rings is 1. The lowest BCUT2D eigenvalue weighted by Crippen LogP contribution is -2.66. The average molecular weight is 337 g/mol. The summed E-state index contributed by atoms with van der Waals surface area (Å²) in [5.74, 6) is 0.697. The second-order valence-electron chi connectivity index (χ2n) is 6.34. The number of hydrogen-bond acceptors (Lipinski definition) is 5. The van der Waals surface area contributed by atoms with E-state index in [1.165, 1.54) is 20.3 Å². The van der Waals surface area contributed by atoms with Crippen LogP contribution in [0.5, 0.6) is 11.5 Å². The van der Waals surface area contributed by atoms with Gasteiger partial charge in [-0.2, -0.15) is 0 Å². The maximum atomic E-state index is 14.3. The number of carbonyl (C=O) groups excluding carboxylic acids is 1. The number of likely N-dealkylation sites (tertiary alicyclic amines) is 1. The molecule has 0 aliphatic carbocycles. The third kappa shape index (κ3) is 3.18. The molecule has 6 nitrogen and oxygen atoms in total. The van der Waals surface area contributed by atoms with Gasteiger partial charge in [0.1, 0.15) is 11.4 Å².